The minimum atomic E-state index is -3.67. The molecule has 2 aliphatic rings. The van der Waals surface area contributed by atoms with Gasteiger partial charge in [0.05, 0.1) is 4.90 Å². The number of amidine groups is 1. The topological polar surface area (TPSA) is 111 Å². The van der Waals surface area contributed by atoms with Crippen molar-refractivity contribution in [1.29, 1.82) is 0 Å². The predicted molar refractivity (Wildman–Crippen MR) is 82.8 cm³/mol. The Hall–Kier alpha value is -2.42. The summed E-state index contributed by atoms with van der Waals surface area (Å²) in [5.74, 6) is -1.22. The normalized spacial score (nSPS) is 27.2. The number of nitrogens with zero attached hydrogens (tertiary/aromatic N) is 1. The first-order chi connectivity index (χ1) is 11.3. The van der Waals surface area contributed by atoms with Gasteiger partial charge < -0.3 is 9.47 Å². The van der Waals surface area contributed by atoms with Gasteiger partial charge >= 0.3 is 11.9 Å². The quantitative estimate of drug-likeness (QED) is 0.786. The number of fused-ring (bicyclic) bond motifs is 1. The van der Waals surface area contributed by atoms with Crippen molar-refractivity contribution < 1.29 is 27.5 Å². The van der Waals surface area contributed by atoms with Gasteiger partial charge in [-0.2, -0.15) is 0 Å². The third kappa shape index (κ3) is 2.99. The fourth-order valence-electron chi connectivity index (χ4n) is 2.53. The molecule has 0 amide bonds. The van der Waals surface area contributed by atoms with Crippen LogP contribution in [0, 0.1) is 0 Å². The molecule has 1 fully saturated rings. The Kier molecular flexibility index (Phi) is 4.04. The van der Waals surface area contributed by atoms with Crippen molar-refractivity contribution in [3.8, 4) is 0 Å². The van der Waals surface area contributed by atoms with Crippen molar-refractivity contribution in [2.45, 2.75) is 43.4 Å². The molecule has 2 unspecified atom stereocenters. The van der Waals surface area contributed by atoms with Crippen molar-refractivity contribution in [2.75, 3.05) is 0 Å². The standard InChI is InChI=1S/C15H16N2O6S/c1-8-7-11(15(19)22-8)23-14(18)9(2)16-13-10-5-3-4-6-12(10)24(20,21)17-13/h3-6,8-9,11H,7H2,1-2H3,(H,16,17)/t8?,9-,11?/m0/s1. The number of cyclic esters (lactones) is 1. The number of aliphatic imine (C=N–C) groups is 1. The molecule has 1 aromatic rings. The fraction of sp³-hybridized carbons (Fsp3) is 0.400. The van der Waals surface area contributed by atoms with Gasteiger partial charge in [-0.1, -0.05) is 12.1 Å². The first kappa shape index (κ1) is 16.4. The monoisotopic (exact) mass is 352 g/mol. The van der Waals surface area contributed by atoms with E-state index in [9.17, 15) is 18.0 Å². The van der Waals surface area contributed by atoms with Gasteiger partial charge in [0.25, 0.3) is 10.0 Å². The first-order valence-corrected chi connectivity index (χ1v) is 8.87. The van der Waals surface area contributed by atoms with E-state index in [2.05, 4.69) is 9.71 Å². The Bertz CT molecular complexity index is 832. The van der Waals surface area contributed by atoms with Crippen LogP contribution in [0.4, 0.5) is 0 Å². The third-order valence-corrected chi connectivity index (χ3v) is 5.11. The smallest absolute Gasteiger partial charge is 0.347 e. The molecule has 24 heavy (non-hydrogen) atoms. The number of sulfonamides is 1. The molecule has 2 heterocycles. The fourth-order valence-corrected chi connectivity index (χ4v) is 3.77. The van der Waals surface area contributed by atoms with Crippen LogP contribution in [0.2, 0.25) is 0 Å². The Morgan fingerprint density at radius 3 is 2.79 bits per heavy atom. The van der Waals surface area contributed by atoms with Crippen LogP contribution in [0.3, 0.4) is 0 Å². The maximum atomic E-state index is 12.1. The van der Waals surface area contributed by atoms with E-state index in [0.29, 0.717) is 12.0 Å². The highest BCUT2D eigenvalue weighted by molar-refractivity contribution is 7.90. The summed E-state index contributed by atoms with van der Waals surface area (Å²) >= 11 is 0. The maximum Gasteiger partial charge on any atom is 0.347 e. The highest BCUT2D eigenvalue weighted by atomic mass is 32.2. The lowest BCUT2D eigenvalue weighted by molar-refractivity contribution is -0.161. The van der Waals surface area contributed by atoms with Crippen molar-refractivity contribution >= 4 is 27.8 Å². The van der Waals surface area contributed by atoms with Crippen LogP contribution in [0.1, 0.15) is 25.8 Å². The average Bonchev–Trinajstić information content (AvgIpc) is 2.96. The van der Waals surface area contributed by atoms with E-state index < -0.39 is 34.1 Å². The number of carbonyl (C=O) groups is 2. The summed E-state index contributed by atoms with van der Waals surface area (Å²) in [5, 5.41) is 0. The summed E-state index contributed by atoms with van der Waals surface area (Å²) in [7, 11) is -3.67. The van der Waals surface area contributed by atoms with E-state index in [0.717, 1.165) is 0 Å². The molecule has 9 heteroatoms. The highest BCUT2D eigenvalue weighted by Crippen LogP contribution is 2.23. The number of esters is 2. The van der Waals surface area contributed by atoms with Gasteiger partial charge in [-0.3, -0.25) is 9.71 Å². The summed E-state index contributed by atoms with van der Waals surface area (Å²) in [6, 6.07) is 5.36. The molecule has 0 aromatic heterocycles. The molecule has 3 rings (SSSR count). The van der Waals surface area contributed by atoms with Gasteiger partial charge in [0.2, 0.25) is 6.10 Å². The second-order valence-electron chi connectivity index (χ2n) is 5.66. The Morgan fingerprint density at radius 1 is 1.42 bits per heavy atom. The Morgan fingerprint density at radius 2 is 2.12 bits per heavy atom. The van der Waals surface area contributed by atoms with Crippen LogP contribution >= 0.6 is 0 Å². The molecule has 0 bridgehead atoms. The van der Waals surface area contributed by atoms with Crippen LogP contribution in [-0.4, -0.2) is 44.4 Å². The number of nitrogens with one attached hydrogen (secondary N) is 1. The van der Waals surface area contributed by atoms with E-state index >= 15 is 0 Å². The molecule has 0 spiro atoms. The van der Waals surface area contributed by atoms with Crippen LogP contribution in [0.5, 0.6) is 0 Å². The molecule has 1 aromatic carbocycles. The van der Waals surface area contributed by atoms with Crippen molar-refractivity contribution in [3.05, 3.63) is 29.8 Å². The van der Waals surface area contributed by atoms with E-state index in [4.69, 9.17) is 9.47 Å². The lowest BCUT2D eigenvalue weighted by atomic mass is 10.2. The minimum Gasteiger partial charge on any atom is -0.460 e. The second-order valence-corrected chi connectivity index (χ2v) is 7.31. The summed E-state index contributed by atoms with van der Waals surface area (Å²) in [4.78, 5) is 27.8. The second kappa shape index (κ2) is 5.90. The molecule has 128 valence electrons. The molecule has 0 saturated carbocycles. The lowest BCUT2D eigenvalue weighted by Crippen LogP contribution is -2.30. The highest BCUT2D eigenvalue weighted by Gasteiger charge is 2.36. The molecule has 1 saturated heterocycles. The first-order valence-electron chi connectivity index (χ1n) is 7.39. The molecule has 1 N–H and O–H groups in total. The molecular weight excluding hydrogens is 336 g/mol. The third-order valence-electron chi connectivity index (χ3n) is 3.71. The molecule has 8 nitrogen and oxygen atoms in total. The maximum absolute atomic E-state index is 12.1. The Balaban J connectivity index is 1.77. The number of ether oxygens (including phenoxy) is 2. The zero-order valence-electron chi connectivity index (χ0n) is 13.1. The van der Waals surface area contributed by atoms with Gasteiger partial charge in [-0.05, 0) is 26.0 Å². The minimum absolute atomic E-state index is 0.0809. The van der Waals surface area contributed by atoms with Crippen molar-refractivity contribution in [1.82, 2.24) is 4.72 Å². The largest absolute Gasteiger partial charge is 0.460 e. The van der Waals surface area contributed by atoms with Crippen LogP contribution in [0.25, 0.3) is 0 Å². The number of rotatable bonds is 3. The zero-order valence-corrected chi connectivity index (χ0v) is 13.9. The van der Waals surface area contributed by atoms with Gasteiger partial charge in [0.1, 0.15) is 18.0 Å². The van der Waals surface area contributed by atoms with Crippen LogP contribution < -0.4 is 4.72 Å². The van der Waals surface area contributed by atoms with Crippen molar-refractivity contribution in [2.24, 2.45) is 4.99 Å². The molecule has 3 atom stereocenters. The van der Waals surface area contributed by atoms with Crippen molar-refractivity contribution in [3.63, 3.8) is 0 Å². The Labute approximate surface area is 138 Å². The SMILES string of the molecule is CC1CC(OC(=O)[C@H](C)N=C2NS(=O)(=O)c3ccccc32)C(=O)O1. The number of hydrogen-bond donors (Lipinski definition) is 1. The van der Waals surface area contributed by atoms with Crippen LogP contribution in [0.15, 0.2) is 34.2 Å². The van der Waals surface area contributed by atoms with E-state index in [1.165, 1.54) is 13.0 Å². The lowest BCUT2D eigenvalue weighted by Gasteiger charge is -2.11. The molecule has 0 radical (unpaired) electrons. The van der Waals surface area contributed by atoms with Crippen LogP contribution in [-0.2, 0) is 29.1 Å². The van der Waals surface area contributed by atoms with Gasteiger partial charge in [-0.25, -0.2) is 18.0 Å². The summed E-state index contributed by atoms with van der Waals surface area (Å²) in [5.41, 5.74) is 0.394. The number of carbonyl (C=O) groups excluding carboxylic acids is 2. The average molecular weight is 352 g/mol. The summed E-state index contributed by atoms with van der Waals surface area (Å²) in [6.45, 7) is 3.17. The molecular formula is C15H16N2O6S. The number of benzene rings is 1. The summed E-state index contributed by atoms with van der Waals surface area (Å²) in [6.07, 6.45) is -0.947. The predicted octanol–water partition coefficient (Wildman–Crippen LogP) is 0.361. The molecule has 2 aliphatic heterocycles. The summed E-state index contributed by atoms with van der Waals surface area (Å²) < 4.78 is 36.3. The van der Waals surface area contributed by atoms with E-state index in [-0.39, 0.29) is 16.8 Å². The molecule has 0 aliphatic carbocycles. The van der Waals surface area contributed by atoms with Gasteiger partial charge in [-0.15, -0.1) is 0 Å². The van der Waals surface area contributed by atoms with E-state index in [1.54, 1.807) is 25.1 Å². The van der Waals surface area contributed by atoms with E-state index in [1.807, 2.05) is 0 Å². The zero-order chi connectivity index (χ0) is 17.5. The number of hydrogen-bond acceptors (Lipinski definition) is 7. The van der Waals surface area contributed by atoms with Gasteiger partial charge in [0, 0.05) is 12.0 Å². The van der Waals surface area contributed by atoms with Gasteiger partial charge in [0.15, 0.2) is 0 Å².